The number of aromatic nitrogens is 2. The van der Waals surface area contributed by atoms with Crippen LogP contribution in [-0.2, 0) is 16.1 Å². The summed E-state index contributed by atoms with van der Waals surface area (Å²) in [5.74, 6) is -0.482. The molecule has 1 fully saturated rings. The van der Waals surface area contributed by atoms with Crippen LogP contribution in [0.3, 0.4) is 0 Å². The number of carbonyl (C=O) groups excluding carboxylic acids is 2. The third-order valence-electron chi connectivity index (χ3n) is 4.80. The van der Waals surface area contributed by atoms with Crippen molar-refractivity contribution in [1.82, 2.24) is 9.55 Å². The van der Waals surface area contributed by atoms with Crippen LogP contribution in [0.4, 0.5) is 29.5 Å². The lowest BCUT2D eigenvalue weighted by Gasteiger charge is -2.21. The number of primary amides is 1. The number of nitriles is 1. The number of hydrogen-bond donors (Lipinski definition) is 2. The predicted octanol–water partition coefficient (Wildman–Crippen LogP) is 1.60. The third-order valence-corrected chi connectivity index (χ3v) is 4.80. The number of ether oxygens (including phenoxy) is 2. The van der Waals surface area contributed by atoms with Gasteiger partial charge >= 0.3 is 12.3 Å². The van der Waals surface area contributed by atoms with Gasteiger partial charge in [0.15, 0.2) is 17.6 Å². The Kier molecular flexibility index (Phi) is 4.84. The first-order valence-corrected chi connectivity index (χ1v) is 9.03. The molecule has 4 rings (SSSR count). The van der Waals surface area contributed by atoms with E-state index in [-0.39, 0.29) is 31.2 Å². The number of halogens is 3. The van der Waals surface area contributed by atoms with E-state index in [1.807, 2.05) is 6.07 Å². The van der Waals surface area contributed by atoms with Crippen molar-refractivity contribution >= 4 is 23.5 Å². The van der Waals surface area contributed by atoms with Gasteiger partial charge < -0.3 is 25.1 Å². The quantitative estimate of drug-likeness (QED) is 0.743. The Bertz CT molecular complexity index is 1110. The fourth-order valence-electron chi connectivity index (χ4n) is 3.41. The minimum Gasteiger partial charge on any atom is -0.491 e. The van der Waals surface area contributed by atoms with Gasteiger partial charge in [0.2, 0.25) is 5.91 Å². The monoisotopic (exact) mass is 436 g/mol. The number of carbonyl (C=O) groups is 2. The third kappa shape index (κ3) is 3.56. The summed E-state index contributed by atoms with van der Waals surface area (Å²) >= 11 is 0. The van der Waals surface area contributed by atoms with Gasteiger partial charge in [-0.1, -0.05) is 0 Å². The second-order valence-corrected chi connectivity index (χ2v) is 6.75. The highest BCUT2D eigenvalue weighted by Gasteiger charge is 2.53. The van der Waals surface area contributed by atoms with Crippen LogP contribution in [0.1, 0.15) is 5.69 Å². The number of nitrogens with one attached hydrogen (secondary N) is 1. The van der Waals surface area contributed by atoms with Gasteiger partial charge in [-0.25, -0.2) is 14.7 Å². The van der Waals surface area contributed by atoms with Crippen LogP contribution in [0.15, 0.2) is 18.2 Å². The maximum absolute atomic E-state index is 13.4. The molecule has 2 aliphatic rings. The molecule has 2 amide bonds. The topological polar surface area (TPSA) is 136 Å². The second kappa shape index (κ2) is 7.38. The molecule has 0 spiro atoms. The molecule has 1 saturated heterocycles. The Hall–Kier alpha value is -3.95. The number of hydrogen-bond acceptors (Lipinski definition) is 7. The highest BCUT2D eigenvalue weighted by molar-refractivity contribution is 5.91. The van der Waals surface area contributed by atoms with Gasteiger partial charge in [0, 0.05) is 11.8 Å². The van der Waals surface area contributed by atoms with Crippen LogP contribution in [0, 0.1) is 11.3 Å². The van der Waals surface area contributed by atoms with Crippen molar-refractivity contribution in [2.24, 2.45) is 5.73 Å². The van der Waals surface area contributed by atoms with Crippen LogP contribution in [0.2, 0.25) is 0 Å². The molecular weight excluding hydrogens is 421 g/mol. The molecule has 162 valence electrons. The number of nitrogens with zero attached hydrogens (tertiary/aromatic N) is 4. The van der Waals surface area contributed by atoms with Crippen molar-refractivity contribution in [3.05, 3.63) is 23.9 Å². The summed E-state index contributed by atoms with van der Waals surface area (Å²) in [6.07, 6.45) is -5.99. The fourth-order valence-corrected chi connectivity index (χ4v) is 3.41. The van der Waals surface area contributed by atoms with E-state index >= 15 is 0 Å². The molecule has 3 heterocycles. The Balaban J connectivity index is 1.80. The van der Waals surface area contributed by atoms with Crippen molar-refractivity contribution in [3.63, 3.8) is 0 Å². The summed E-state index contributed by atoms with van der Waals surface area (Å²) in [5.41, 5.74) is 5.83. The zero-order chi connectivity index (χ0) is 22.3. The number of rotatable bonds is 4. The zero-order valence-electron chi connectivity index (χ0n) is 15.8. The molecule has 0 radical (unpaired) electrons. The average Bonchev–Trinajstić information content (AvgIpc) is 3.21. The van der Waals surface area contributed by atoms with Crippen molar-refractivity contribution in [2.45, 2.75) is 18.8 Å². The molecule has 3 N–H and O–H groups in total. The number of anilines is 2. The number of benzene rings is 1. The minimum atomic E-state index is -4.76. The fraction of sp³-hybridized carbons (Fsp3) is 0.333. The highest BCUT2D eigenvalue weighted by Crippen LogP contribution is 2.40. The molecule has 0 bridgehead atoms. The van der Waals surface area contributed by atoms with Gasteiger partial charge in [-0.05, 0) is 12.1 Å². The normalized spacial score (nSPS) is 17.7. The van der Waals surface area contributed by atoms with E-state index in [2.05, 4.69) is 15.0 Å². The Morgan fingerprint density at radius 1 is 1.39 bits per heavy atom. The first-order valence-electron chi connectivity index (χ1n) is 9.03. The number of nitrogens with two attached hydrogens (primary N) is 1. The van der Waals surface area contributed by atoms with Gasteiger partial charge in [0.1, 0.15) is 30.9 Å². The summed E-state index contributed by atoms with van der Waals surface area (Å²) in [6.45, 7) is -0.781. The van der Waals surface area contributed by atoms with E-state index < -0.39 is 36.6 Å². The predicted molar refractivity (Wildman–Crippen MR) is 99.2 cm³/mol. The summed E-state index contributed by atoms with van der Waals surface area (Å²) in [5, 5.41) is 12.5. The lowest BCUT2D eigenvalue weighted by Crippen LogP contribution is -2.44. The van der Waals surface area contributed by atoms with Crippen LogP contribution < -0.4 is 20.7 Å². The van der Waals surface area contributed by atoms with Gasteiger partial charge in [0.05, 0.1) is 18.7 Å². The van der Waals surface area contributed by atoms with Crippen LogP contribution in [0.25, 0.3) is 11.4 Å². The van der Waals surface area contributed by atoms with E-state index in [0.29, 0.717) is 21.9 Å². The smallest absolute Gasteiger partial charge is 0.416 e. The molecule has 1 atom stereocenters. The molecule has 2 aliphatic heterocycles. The van der Waals surface area contributed by atoms with Crippen molar-refractivity contribution in [3.8, 4) is 23.2 Å². The zero-order valence-corrected chi connectivity index (χ0v) is 15.8. The molecule has 0 aliphatic carbocycles. The summed E-state index contributed by atoms with van der Waals surface area (Å²) < 4.78 is 51.9. The van der Waals surface area contributed by atoms with E-state index in [0.717, 1.165) is 0 Å². The minimum absolute atomic E-state index is 0.0941. The van der Waals surface area contributed by atoms with E-state index in [9.17, 15) is 28.0 Å². The molecule has 31 heavy (non-hydrogen) atoms. The SMILES string of the molecule is N#Cc1c(N2C(=O)OCC2C(F)(F)F)nc2n1CCOc1cc(NCC(N)=O)ccc1-2. The van der Waals surface area contributed by atoms with Crippen molar-refractivity contribution in [2.75, 3.05) is 30.0 Å². The Labute approximate surface area is 172 Å². The number of cyclic esters (lactones) is 1. The molecule has 1 aromatic heterocycles. The van der Waals surface area contributed by atoms with Crippen molar-refractivity contribution < 1.29 is 32.2 Å². The first kappa shape index (κ1) is 20.3. The van der Waals surface area contributed by atoms with Crippen LogP contribution in [-0.4, -0.2) is 53.5 Å². The first-order chi connectivity index (χ1) is 14.7. The van der Waals surface area contributed by atoms with Gasteiger partial charge in [-0.3, -0.25) is 4.79 Å². The summed E-state index contributed by atoms with van der Waals surface area (Å²) in [6, 6.07) is 4.35. The lowest BCUT2D eigenvalue weighted by atomic mass is 10.1. The van der Waals surface area contributed by atoms with E-state index in [1.54, 1.807) is 18.2 Å². The summed E-state index contributed by atoms with van der Waals surface area (Å²) in [4.78, 5) is 27.6. The van der Waals surface area contributed by atoms with Gasteiger partial charge in [-0.15, -0.1) is 0 Å². The number of imidazole rings is 1. The Morgan fingerprint density at radius 3 is 2.84 bits per heavy atom. The van der Waals surface area contributed by atoms with E-state index in [1.165, 1.54) is 4.57 Å². The second-order valence-electron chi connectivity index (χ2n) is 6.75. The summed E-state index contributed by atoms with van der Waals surface area (Å²) in [7, 11) is 0. The molecule has 1 unspecified atom stereocenters. The maximum Gasteiger partial charge on any atom is 0.416 e. The molecule has 13 heteroatoms. The maximum atomic E-state index is 13.4. The molecule has 1 aromatic carbocycles. The number of alkyl halides is 3. The molecule has 2 aromatic rings. The highest BCUT2D eigenvalue weighted by atomic mass is 19.4. The number of amides is 2. The largest absolute Gasteiger partial charge is 0.491 e. The number of fused-ring (bicyclic) bond motifs is 3. The standard InChI is InChI=1S/C18H15F3N6O4/c19-18(20,21)13-8-31-17(29)27(13)16-11(6-22)26-3-4-30-12-5-9(24-7-14(23)28)1-2-10(12)15(26)25-16/h1-2,5,13,24H,3-4,7-8H2,(H2,23,28). The molecule has 0 saturated carbocycles. The van der Waals surface area contributed by atoms with Crippen LogP contribution >= 0.6 is 0 Å². The van der Waals surface area contributed by atoms with Gasteiger partial charge in [0.25, 0.3) is 0 Å². The van der Waals surface area contributed by atoms with Gasteiger partial charge in [-0.2, -0.15) is 18.4 Å². The average molecular weight is 436 g/mol. The lowest BCUT2D eigenvalue weighted by molar-refractivity contribution is -0.147. The Morgan fingerprint density at radius 2 is 2.16 bits per heavy atom. The van der Waals surface area contributed by atoms with Crippen LogP contribution in [0.5, 0.6) is 5.75 Å². The molecule has 10 nitrogen and oxygen atoms in total. The van der Waals surface area contributed by atoms with Crippen molar-refractivity contribution in [1.29, 1.82) is 5.26 Å². The van der Waals surface area contributed by atoms with E-state index in [4.69, 9.17) is 10.5 Å². The molecular formula is C18H15F3N6O4.